The van der Waals surface area contributed by atoms with Crippen molar-refractivity contribution in [1.29, 1.82) is 0 Å². The van der Waals surface area contributed by atoms with E-state index in [2.05, 4.69) is 25.6 Å². The first-order valence-corrected chi connectivity index (χ1v) is 9.53. The number of pyridine rings is 2. The highest BCUT2D eigenvalue weighted by Crippen LogP contribution is 2.19. The molecule has 6 nitrogen and oxygen atoms in total. The number of aliphatic imine (C=N–C) groups is 1. The Kier molecular flexibility index (Phi) is 7.51. The number of hydrogen-bond acceptors (Lipinski definition) is 4. The van der Waals surface area contributed by atoms with Gasteiger partial charge in [-0.05, 0) is 48.9 Å². The van der Waals surface area contributed by atoms with Gasteiger partial charge in [-0.15, -0.1) is 0 Å². The van der Waals surface area contributed by atoms with E-state index in [9.17, 15) is 4.39 Å². The first-order chi connectivity index (χ1) is 14.2. The van der Waals surface area contributed by atoms with Crippen molar-refractivity contribution in [3.63, 3.8) is 0 Å². The van der Waals surface area contributed by atoms with E-state index in [0.29, 0.717) is 18.2 Å². The topological polar surface area (TPSA) is 71.4 Å². The lowest BCUT2D eigenvalue weighted by atomic mass is 10.3. The van der Waals surface area contributed by atoms with Gasteiger partial charge in [0.25, 0.3) is 0 Å². The average Bonchev–Trinajstić information content (AvgIpc) is 2.75. The van der Waals surface area contributed by atoms with Crippen LogP contribution in [0, 0.1) is 5.82 Å². The molecule has 29 heavy (non-hydrogen) atoms. The van der Waals surface area contributed by atoms with Gasteiger partial charge in [-0.1, -0.05) is 12.1 Å². The Bertz CT molecular complexity index is 899. The Balaban J connectivity index is 1.52. The van der Waals surface area contributed by atoms with Crippen LogP contribution in [0.3, 0.4) is 0 Å². The minimum atomic E-state index is -0.302. The molecule has 2 N–H and O–H groups in total. The number of halogens is 1. The van der Waals surface area contributed by atoms with Gasteiger partial charge in [-0.3, -0.25) is 4.98 Å². The third kappa shape index (κ3) is 6.88. The third-order valence-corrected chi connectivity index (χ3v) is 4.00. The minimum absolute atomic E-state index is 0.302. The Labute approximate surface area is 169 Å². The molecule has 0 amide bonds. The number of rotatable bonds is 8. The van der Waals surface area contributed by atoms with E-state index in [1.165, 1.54) is 12.1 Å². The van der Waals surface area contributed by atoms with Crippen molar-refractivity contribution in [3.8, 4) is 11.6 Å². The summed E-state index contributed by atoms with van der Waals surface area (Å²) in [6.45, 7) is 4.03. The Hall–Kier alpha value is -3.48. The predicted octanol–water partition coefficient (Wildman–Crippen LogP) is 3.71. The molecule has 0 aliphatic heterocycles. The maximum absolute atomic E-state index is 13.0. The molecular weight excluding hydrogens is 369 g/mol. The van der Waals surface area contributed by atoms with E-state index in [1.54, 1.807) is 30.6 Å². The van der Waals surface area contributed by atoms with Crippen molar-refractivity contribution in [2.45, 2.75) is 19.9 Å². The van der Waals surface area contributed by atoms with E-state index in [4.69, 9.17) is 4.74 Å². The lowest BCUT2D eigenvalue weighted by molar-refractivity contribution is 0.461. The van der Waals surface area contributed by atoms with Crippen LogP contribution in [0.1, 0.15) is 18.2 Å². The monoisotopic (exact) mass is 393 g/mol. The number of guanidine groups is 1. The molecular formula is C22H24FN5O. The second-order valence-electron chi connectivity index (χ2n) is 6.25. The van der Waals surface area contributed by atoms with Gasteiger partial charge in [0.15, 0.2) is 5.96 Å². The molecule has 2 aromatic heterocycles. The summed E-state index contributed by atoms with van der Waals surface area (Å²) in [6.07, 6.45) is 4.34. The molecule has 7 heteroatoms. The molecule has 3 aromatic rings. The zero-order valence-corrected chi connectivity index (χ0v) is 16.3. The third-order valence-electron chi connectivity index (χ3n) is 4.00. The molecule has 150 valence electrons. The predicted molar refractivity (Wildman–Crippen MR) is 111 cm³/mol. The summed E-state index contributed by atoms with van der Waals surface area (Å²) in [6, 6.07) is 15.4. The van der Waals surface area contributed by atoms with Gasteiger partial charge < -0.3 is 15.4 Å². The molecule has 1 aromatic carbocycles. The molecule has 0 unspecified atom stereocenters. The molecule has 3 rings (SSSR count). The number of hydrogen-bond donors (Lipinski definition) is 2. The summed E-state index contributed by atoms with van der Waals surface area (Å²) in [5.41, 5.74) is 2.00. The standard InChI is InChI=1S/C22H24FN5O/c1-2-24-22(26-14-12-19-5-3-4-13-25-19)28-16-17-6-11-21(27-15-17)29-20-9-7-18(23)8-10-20/h3-11,13,15H,2,12,14,16H2,1H3,(H2,24,26,28). The first-order valence-electron chi connectivity index (χ1n) is 9.53. The minimum Gasteiger partial charge on any atom is -0.439 e. The molecule has 0 spiro atoms. The average molecular weight is 393 g/mol. The van der Waals surface area contributed by atoms with Crippen molar-refractivity contribution in [3.05, 3.63) is 84.1 Å². The highest BCUT2D eigenvalue weighted by atomic mass is 19.1. The fourth-order valence-electron chi connectivity index (χ4n) is 2.56. The van der Waals surface area contributed by atoms with Gasteiger partial charge in [-0.2, -0.15) is 0 Å². The van der Waals surface area contributed by atoms with Gasteiger partial charge >= 0.3 is 0 Å². The number of ether oxygens (including phenoxy) is 1. The fourth-order valence-corrected chi connectivity index (χ4v) is 2.56. The molecule has 0 saturated carbocycles. The highest BCUT2D eigenvalue weighted by molar-refractivity contribution is 5.79. The molecule has 0 aliphatic rings. The van der Waals surface area contributed by atoms with E-state index in [-0.39, 0.29) is 5.82 Å². The van der Waals surface area contributed by atoms with Crippen molar-refractivity contribution >= 4 is 5.96 Å². The quantitative estimate of drug-likeness (QED) is 0.451. The van der Waals surface area contributed by atoms with E-state index < -0.39 is 0 Å². The molecule has 0 fully saturated rings. The van der Waals surface area contributed by atoms with Crippen LogP contribution in [-0.2, 0) is 13.0 Å². The van der Waals surface area contributed by atoms with Crippen LogP contribution >= 0.6 is 0 Å². The summed E-state index contributed by atoms with van der Waals surface area (Å²) in [5, 5.41) is 6.54. The molecule has 0 bridgehead atoms. The van der Waals surface area contributed by atoms with Crippen molar-refractivity contribution in [1.82, 2.24) is 20.6 Å². The number of aromatic nitrogens is 2. The van der Waals surface area contributed by atoms with Gasteiger partial charge in [0.1, 0.15) is 11.6 Å². The van der Waals surface area contributed by atoms with Gasteiger partial charge in [0.2, 0.25) is 5.88 Å². The first kappa shape index (κ1) is 20.3. The summed E-state index contributed by atoms with van der Waals surface area (Å²) >= 11 is 0. The Morgan fingerprint density at radius 1 is 1.03 bits per heavy atom. The molecule has 2 heterocycles. The molecule has 0 radical (unpaired) electrons. The van der Waals surface area contributed by atoms with Crippen molar-refractivity contribution in [2.75, 3.05) is 13.1 Å². The van der Waals surface area contributed by atoms with Gasteiger partial charge in [0, 0.05) is 43.7 Å². The second-order valence-corrected chi connectivity index (χ2v) is 6.25. The van der Waals surface area contributed by atoms with Crippen LogP contribution in [0.15, 0.2) is 72.0 Å². The van der Waals surface area contributed by atoms with Gasteiger partial charge in [0.05, 0.1) is 6.54 Å². The van der Waals surface area contributed by atoms with Crippen molar-refractivity contribution in [2.24, 2.45) is 4.99 Å². The Morgan fingerprint density at radius 3 is 2.59 bits per heavy atom. The largest absolute Gasteiger partial charge is 0.439 e. The summed E-state index contributed by atoms with van der Waals surface area (Å²) in [7, 11) is 0. The van der Waals surface area contributed by atoms with Crippen LogP contribution in [0.25, 0.3) is 0 Å². The summed E-state index contributed by atoms with van der Waals surface area (Å²) in [5.74, 6) is 1.43. The molecule has 0 atom stereocenters. The zero-order chi connectivity index (χ0) is 20.3. The molecule has 0 saturated heterocycles. The smallest absolute Gasteiger partial charge is 0.219 e. The van der Waals surface area contributed by atoms with E-state index in [1.807, 2.05) is 31.2 Å². The summed E-state index contributed by atoms with van der Waals surface area (Å²) in [4.78, 5) is 13.2. The van der Waals surface area contributed by atoms with Crippen LogP contribution in [-0.4, -0.2) is 29.0 Å². The van der Waals surface area contributed by atoms with E-state index >= 15 is 0 Å². The molecule has 0 aliphatic carbocycles. The number of benzene rings is 1. The lowest BCUT2D eigenvalue weighted by Crippen LogP contribution is -2.38. The normalized spacial score (nSPS) is 11.2. The second kappa shape index (κ2) is 10.8. The van der Waals surface area contributed by atoms with Crippen LogP contribution in [0.2, 0.25) is 0 Å². The maximum Gasteiger partial charge on any atom is 0.219 e. The highest BCUT2D eigenvalue weighted by Gasteiger charge is 2.02. The lowest BCUT2D eigenvalue weighted by Gasteiger charge is -2.11. The maximum atomic E-state index is 13.0. The number of nitrogens with zero attached hydrogens (tertiary/aromatic N) is 3. The van der Waals surface area contributed by atoms with Gasteiger partial charge in [-0.25, -0.2) is 14.4 Å². The zero-order valence-electron chi connectivity index (χ0n) is 16.3. The van der Waals surface area contributed by atoms with Crippen LogP contribution < -0.4 is 15.4 Å². The fraction of sp³-hybridized carbons (Fsp3) is 0.227. The van der Waals surface area contributed by atoms with Crippen molar-refractivity contribution < 1.29 is 9.13 Å². The Morgan fingerprint density at radius 2 is 1.90 bits per heavy atom. The van der Waals surface area contributed by atoms with E-state index in [0.717, 1.165) is 36.7 Å². The van der Waals surface area contributed by atoms with Crippen LogP contribution in [0.4, 0.5) is 4.39 Å². The summed E-state index contributed by atoms with van der Waals surface area (Å²) < 4.78 is 18.6. The SMILES string of the molecule is CCNC(=NCc1ccc(Oc2ccc(F)cc2)nc1)NCCc1ccccn1. The number of nitrogens with one attached hydrogen (secondary N) is 2. The van der Waals surface area contributed by atoms with Crippen LogP contribution in [0.5, 0.6) is 11.6 Å².